The molecule has 5 heteroatoms. The average Bonchev–Trinajstić information content (AvgIpc) is 2.27. The van der Waals surface area contributed by atoms with Gasteiger partial charge in [0.15, 0.2) is 11.9 Å². The predicted molar refractivity (Wildman–Crippen MR) is 57.4 cm³/mol. The summed E-state index contributed by atoms with van der Waals surface area (Å²) in [5, 5.41) is 10.00. The molecule has 0 spiro atoms. The zero-order chi connectivity index (χ0) is 11.7. The molecule has 0 amide bonds. The van der Waals surface area contributed by atoms with Gasteiger partial charge >= 0.3 is 5.63 Å². The fraction of sp³-hybridized carbons (Fsp3) is 0.0909. The number of fused-ring (bicyclic) bond motifs is 1. The van der Waals surface area contributed by atoms with E-state index in [2.05, 4.69) is 0 Å². The molecule has 0 atom stereocenters. The van der Waals surface area contributed by atoms with Gasteiger partial charge in [-0.3, -0.25) is 4.79 Å². The molecule has 0 fully saturated rings. The van der Waals surface area contributed by atoms with Crippen molar-refractivity contribution in [3.8, 4) is 5.75 Å². The molecule has 0 aliphatic heterocycles. The van der Waals surface area contributed by atoms with Gasteiger partial charge in [0, 0.05) is 18.0 Å². The van der Waals surface area contributed by atoms with Gasteiger partial charge in [-0.1, -0.05) is 0 Å². The van der Waals surface area contributed by atoms with Gasteiger partial charge in [0.1, 0.15) is 5.75 Å². The Morgan fingerprint density at radius 3 is 2.81 bits per heavy atom. The molecule has 3 N–H and O–H groups in total. The van der Waals surface area contributed by atoms with Crippen LogP contribution in [0.4, 0.5) is 0 Å². The summed E-state index contributed by atoms with van der Waals surface area (Å²) >= 11 is 0. The molecule has 2 rings (SSSR count). The minimum atomic E-state index is -0.596. The Balaban J connectivity index is 2.98. The monoisotopic (exact) mass is 219 g/mol. The first-order valence-corrected chi connectivity index (χ1v) is 4.61. The van der Waals surface area contributed by atoms with Gasteiger partial charge < -0.3 is 15.3 Å². The van der Waals surface area contributed by atoms with Crippen molar-refractivity contribution in [2.45, 2.75) is 6.54 Å². The van der Waals surface area contributed by atoms with Crippen molar-refractivity contribution in [2.75, 3.05) is 0 Å². The Hall–Kier alpha value is -2.14. The summed E-state index contributed by atoms with van der Waals surface area (Å²) in [6, 6.07) is 4.20. The first-order valence-electron chi connectivity index (χ1n) is 4.61. The normalized spacial score (nSPS) is 10.6. The summed E-state index contributed by atoms with van der Waals surface area (Å²) in [6.07, 6.45) is 0.445. The lowest BCUT2D eigenvalue weighted by Gasteiger charge is -2.05. The quantitative estimate of drug-likeness (QED) is 0.574. The van der Waals surface area contributed by atoms with Crippen LogP contribution in [0, 0.1) is 0 Å². The molecule has 0 unspecified atom stereocenters. The minimum Gasteiger partial charge on any atom is -0.507 e. The molecule has 0 bridgehead atoms. The second kappa shape index (κ2) is 3.79. The molecule has 0 aliphatic rings. The number of aromatic hydroxyl groups is 1. The Kier molecular flexibility index (Phi) is 2.46. The molecule has 5 nitrogen and oxygen atoms in total. The van der Waals surface area contributed by atoms with Crippen LogP contribution in [0.5, 0.6) is 5.75 Å². The standard InChI is InChI=1S/C11H9NO4/c12-4-6-3-10(15)16-11-7(6)1-2-9(14)8(11)5-13/h1-3,5,14H,4,12H2. The largest absolute Gasteiger partial charge is 0.507 e. The van der Waals surface area contributed by atoms with Crippen molar-refractivity contribution in [3.05, 3.63) is 39.7 Å². The van der Waals surface area contributed by atoms with E-state index in [1.807, 2.05) is 0 Å². The van der Waals surface area contributed by atoms with Crippen LogP contribution < -0.4 is 11.4 Å². The number of benzene rings is 1. The highest BCUT2D eigenvalue weighted by Crippen LogP contribution is 2.26. The van der Waals surface area contributed by atoms with Crippen molar-refractivity contribution < 1.29 is 14.3 Å². The number of aldehydes is 1. The maximum Gasteiger partial charge on any atom is 0.336 e. The third-order valence-electron chi connectivity index (χ3n) is 2.35. The lowest BCUT2D eigenvalue weighted by atomic mass is 10.1. The van der Waals surface area contributed by atoms with Crippen molar-refractivity contribution >= 4 is 17.3 Å². The van der Waals surface area contributed by atoms with E-state index in [9.17, 15) is 14.7 Å². The van der Waals surface area contributed by atoms with Crippen LogP contribution in [0.15, 0.2) is 27.4 Å². The van der Waals surface area contributed by atoms with Gasteiger partial charge in [0.2, 0.25) is 0 Å². The molecule has 1 aromatic heterocycles. The lowest BCUT2D eigenvalue weighted by Crippen LogP contribution is -2.06. The van der Waals surface area contributed by atoms with Gasteiger partial charge in [-0.2, -0.15) is 0 Å². The van der Waals surface area contributed by atoms with Crippen LogP contribution in [0.3, 0.4) is 0 Å². The summed E-state index contributed by atoms with van der Waals surface area (Å²) < 4.78 is 4.90. The van der Waals surface area contributed by atoms with Crippen LogP contribution in [0.25, 0.3) is 11.0 Å². The van der Waals surface area contributed by atoms with Gasteiger partial charge in [-0.25, -0.2) is 4.79 Å². The zero-order valence-electron chi connectivity index (χ0n) is 8.27. The number of phenolic OH excluding ortho intramolecular Hbond substituents is 1. The second-order valence-corrected chi connectivity index (χ2v) is 3.29. The highest BCUT2D eigenvalue weighted by atomic mass is 16.4. The van der Waals surface area contributed by atoms with E-state index in [1.165, 1.54) is 12.1 Å². The van der Waals surface area contributed by atoms with Crippen molar-refractivity contribution in [2.24, 2.45) is 5.73 Å². The van der Waals surface area contributed by atoms with E-state index < -0.39 is 5.63 Å². The number of hydrogen-bond acceptors (Lipinski definition) is 5. The van der Waals surface area contributed by atoms with Crippen LogP contribution in [0.2, 0.25) is 0 Å². The van der Waals surface area contributed by atoms with E-state index in [-0.39, 0.29) is 23.4 Å². The molecular weight excluding hydrogens is 210 g/mol. The molecule has 0 saturated heterocycles. The van der Waals surface area contributed by atoms with Gasteiger partial charge in [0.05, 0.1) is 5.56 Å². The van der Waals surface area contributed by atoms with Crippen molar-refractivity contribution in [3.63, 3.8) is 0 Å². The molecule has 16 heavy (non-hydrogen) atoms. The van der Waals surface area contributed by atoms with E-state index in [0.717, 1.165) is 0 Å². The van der Waals surface area contributed by atoms with Crippen LogP contribution >= 0.6 is 0 Å². The fourth-order valence-corrected chi connectivity index (χ4v) is 1.58. The minimum absolute atomic E-state index is 0.0371. The number of rotatable bonds is 2. The van der Waals surface area contributed by atoms with E-state index >= 15 is 0 Å². The Morgan fingerprint density at radius 2 is 2.19 bits per heavy atom. The summed E-state index contributed by atoms with van der Waals surface area (Å²) in [5.41, 5.74) is 5.50. The van der Waals surface area contributed by atoms with Crippen molar-refractivity contribution in [1.82, 2.24) is 0 Å². The van der Waals surface area contributed by atoms with Gasteiger partial charge in [-0.15, -0.1) is 0 Å². The summed E-state index contributed by atoms with van der Waals surface area (Å²) in [7, 11) is 0. The molecule has 2 aromatic rings. The first-order chi connectivity index (χ1) is 7.67. The van der Waals surface area contributed by atoms with E-state index in [0.29, 0.717) is 17.2 Å². The molecule has 0 saturated carbocycles. The molecule has 0 aliphatic carbocycles. The highest BCUT2D eigenvalue weighted by molar-refractivity contribution is 5.98. The van der Waals surface area contributed by atoms with E-state index in [1.54, 1.807) is 6.07 Å². The third kappa shape index (κ3) is 1.47. The topological polar surface area (TPSA) is 93.5 Å². The maximum atomic E-state index is 11.2. The Bertz CT molecular complexity index is 615. The maximum absolute atomic E-state index is 11.2. The Labute approximate surface area is 90.1 Å². The predicted octanol–water partition coefficient (Wildman–Crippen LogP) is 0.770. The molecular formula is C11H9NO4. The highest BCUT2D eigenvalue weighted by Gasteiger charge is 2.12. The number of phenols is 1. The van der Waals surface area contributed by atoms with Crippen LogP contribution in [-0.2, 0) is 6.54 Å². The van der Waals surface area contributed by atoms with Gasteiger partial charge in [0.25, 0.3) is 0 Å². The Morgan fingerprint density at radius 1 is 1.44 bits per heavy atom. The van der Waals surface area contributed by atoms with Crippen LogP contribution in [-0.4, -0.2) is 11.4 Å². The summed E-state index contributed by atoms with van der Waals surface area (Å²) in [4.78, 5) is 22.0. The SMILES string of the molecule is NCc1cc(=O)oc2c(C=O)c(O)ccc12. The molecule has 1 aromatic carbocycles. The van der Waals surface area contributed by atoms with Gasteiger partial charge in [-0.05, 0) is 17.7 Å². The molecule has 82 valence electrons. The number of nitrogens with two attached hydrogens (primary N) is 1. The number of carbonyl (C=O) groups excluding carboxylic acids is 1. The summed E-state index contributed by atoms with van der Waals surface area (Å²) in [6.45, 7) is 0.158. The first kappa shape index (κ1) is 10.4. The number of hydrogen-bond donors (Lipinski definition) is 2. The third-order valence-corrected chi connectivity index (χ3v) is 2.35. The van der Waals surface area contributed by atoms with Crippen molar-refractivity contribution in [1.29, 1.82) is 0 Å². The lowest BCUT2D eigenvalue weighted by molar-refractivity contribution is 0.112. The van der Waals surface area contributed by atoms with Crippen LogP contribution in [0.1, 0.15) is 15.9 Å². The summed E-state index contributed by atoms with van der Waals surface area (Å²) in [5.74, 6) is -0.222. The fourth-order valence-electron chi connectivity index (χ4n) is 1.58. The second-order valence-electron chi connectivity index (χ2n) is 3.29. The number of carbonyl (C=O) groups is 1. The average molecular weight is 219 g/mol. The molecule has 1 heterocycles. The molecule has 0 radical (unpaired) electrons. The zero-order valence-corrected chi connectivity index (χ0v) is 8.27. The smallest absolute Gasteiger partial charge is 0.336 e. The van der Waals surface area contributed by atoms with E-state index in [4.69, 9.17) is 10.2 Å².